The van der Waals surface area contributed by atoms with Gasteiger partial charge in [-0.25, -0.2) is 0 Å². The normalized spacial score (nSPS) is 19.7. The van der Waals surface area contributed by atoms with E-state index in [0.717, 1.165) is 17.8 Å². The second-order valence-corrected chi connectivity index (χ2v) is 4.85. The fourth-order valence-corrected chi connectivity index (χ4v) is 3.32. The van der Waals surface area contributed by atoms with Crippen LogP contribution in [-0.4, -0.2) is 6.29 Å². The molecule has 3 rings (SSSR count). The standard InChI is InChI=1S/C14H16O/c15-9-10-7-12-5-1-3-11-4-2-6-13(8-10)14(11)12/h7-9,11H,1-6H2. The Hall–Kier alpha value is -1.11. The van der Waals surface area contributed by atoms with E-state index in [2.05, 4.69) is 12.1 Å². The van der Waals surface area contributed by atoms with Crippen LogP contribution in [-0.2, 0) is 12.8 Å². The van der Waals surface area contributed by atoms with Crippen LogP contribution >= 0.6 is 0 Å². The number of hydrogen-bond acceptors (Lipinski definition) is 1. The van der Waals surface area contributed by atoms with Crippen molar-refractivity contribution in [3.8, 4) is 0 Å². The number of carbonyl (C=O) groups is 1. The second kappa shape index (κ2) is 3.48. The molecule has 1 aromatic rings. The van der Waals surface area contributed by atoms with E-state index in [1.165, 1.54) is 49.7 Å². The number of rotatable bonds is 1. The first-order valence-electron chi connectivity index (χ1n) is 5.99. The second-order valence-electron chi connectivity index (χ2n) is 4.85. The monoisotopic (exact) mass is 200 g/mol. The van der Waals surface area contributed by atoms with Crippen molar-refractivity contribution in [2.75, 3.05) is 0 Å². The van der Waals surface area contributed by atoms with Gasteiger partial charge in [0.15, 0.2) is 0 Å². The van der Waals surface area contributed by atoms with Gasteiger partial charge < -0.3 is 0 Å². The Morgan fingerprint density at radius 3 is 2.20 bits per heavy atom. The van der Waals surface area contributed by atoms with E-state index >= 15 is 0 Å². The van der Waals surface area contributed by atoms with Crippen LogP contribution in [0.15, 0.2) is 12.1 Å². The summed E-state index contributed by atoms with van der Waals surface area (Å²) in [6, 6.07) is 4.23. The van der Waals surface area contributed by atoms with Gasteiger partial charge in [0.25, 0.3) is 0 Å². The van der Waals surface area contributed by atoms with Gasteiger partial charge >= 0.3 is 0 Å². The first-order valence-corrected chi connectivity index (χ1v) is 5.99. The minimum atomic E-state index is 0.804. The molecule has 0 amide bonds. The summed E-state index contributed by atoms with van der Waals surface area (Å²) in [5.41, 5.74) is 5.42. The molecule has 0 heterocycles. The highest BCUT2D eigenvalue weighted by atomic mass is 16.1. The molecule has 0 saturated carbocycles. The van der Waals surface area contributed by atoms with Crippen molar-refractivity contribution in [1.29, 1.82) is 0 Å². The maximum atomic E-state index is 10.9. The quantitative estimate of drug-likeness (QED) is 0.636. The van der Waals surface area contributed by atoms with E-state index in [1.54, 1.807) is 5.56 Å². The van der Waals surface area contributed by atoms with Crippen LogP contribution in [0.5, 0.6) is 0 Å². The molecule has 0 fully saturated rings. The van der Waals surface area contributed by atoms with Crippen LogP contribution in [0.4, 0.5) is 0 Å². The zero-order valence-electron chi connectivity index (χ0n) is 8.96. The molecule has 0 radical (unpaired) electrons. The molecule has 0 aromatic heterocycles. The summed E-state index contributed by atoms with van der Waals surface area (Å²) in [5.74, 6) is 0.804. The fourth-order valence-electron chi connectivity index (χ4n) is 3.32. The molecule has 1 nitrogen and oxygen atoms in total. The highest BCUT2D eigenvalue weighted by Crippen LogP contribution is 2.41. The lowest BCUT2D eigenvalue weighted by molar-refractivity contribution is 0.112. The number of aldehydes is 1. The van der Waals surface area contributed by atoms with Crippen molar-refractivity contribution >= 4 is 6.29 Å². The SMILES string of the molecule is O=Cc1cc2c3c(c1)CCCC3CCC2. The maximum absolute atomic E-state index is 10.9. The van der Waals surface area contributed by atoms with E-state index in [1.807, 2.05) is 0 Å². The van der Waals surface area contributed by atoms with Gasteiger partial charge in [-0.15, -0.1) is 0 Å². The van der Waals surface area contributed by atoms with Crippen molar-refractivity contribution < 1.29 is 4.79 Å². The summed E-state index contributed by atoms with van der Waals surface area (Å²) in [7, 11) is 0. The van der Waals surface area contributed by atoms with Crippen molar-refractivity contribution in [3.05, 3.63) is 34.4 Å². The molecule has 0 bridgehead atoms. The van der Waals surface area contributed by atoms with Gasteiger partial charge in [0.1, 0.15) is 6.29 Å². The summed E-state index contributed by atoms with van der Waals surface area (Å²) in [4.78, 5) is 10.9. The average molecular weight is 200 g/mol. The van der Waals surface area contributed by atoms with Crippen LogP contribution in [0.25, 0.3) is 0 Å². The topological polar surface area (TPSA) is 17.1 Å². The van der Waals surface area contributed by atoms with E-state index < -0.39 is 0 Å². The van der Waals surface area contributed by atoms with Crippen LogP contribution < -0.4 is 0 Å². The van der Waals surface area contributed by atoms with Crippen LogP contribution in [0.1, 0.15) is 58.6 Å². The molecular formula is C14H16O. The molecule has 0 spiro atoms. The Labute approximate surface area is 90.5 Å². The lowest BCUT2D eigenvalue weighted by Gasteiger charge is -2.32. The van der Waals surface area contributed by atoms with Crippen LogP contribution in [0, 0.1) is 0 Å². The van der Waals surface area contributed by atoms with Crippen molar-refractivity contribution in [2.24, 2.45) is 0 Å². The van der Waals surface area contributed by atoms with Gasteiger partial charge in [-0.1, -0.05) is 0 Å². The first kappa shape index (κ1) is 9.14. The maximum Gasteiger partial charge on any atom is 0.150 e. The predicted molar refractivity (Wildman–Crippen MR) is 60.4 cm³/mol. The Bertz CT molecular complexity index is 375. The van der Waals surface area contributed by atoms with Gasteiger partial charge in [-0.2, -0.15) is 0 Å². The molecule has 1 aromatic carbocycles. The molecule has 2 aliphatic carbocycles. The van der Waals surface area contributed by atoms with Gasteiger partial charge in [0.2, 0.25) is 0 Å². The minimum absolute atomic E-state index is 0.804. The molecule has 0 N–H and O–H groups in total. The Kier molecular flexibility index (Phi) is 2.12. The molecule has 0 saturated heterocycles. The zero-order chi connectivity index (χ0) is 10.3. The molecule has 0 aliphatic heterocycles. The lowest BCUT2D eigenvalue weighted by atomic mass is 9.73. The molecule has 78 valence electrons. The van der Waals surface area contributed by atoms with Crippen LogP contribution in [0.3, 0.4) is 0 Å². The van der Waals surface area contributed by atoms with Crippen molar-refractivity contribution in [2.45, 2.75) is 44.4 Å². The molecule has 0 atom stereocenters. The molecule has 2 aliphatic rings. The van der Waals surface area contributed by atoms with Gasteiger partial charge in [-0.3, -0.25) is 4.79 Å². The highest BCUT2D eigenvalue weighted by Gasteiger charge is 2.26. The van der Waals surface area contributed by atoms with E-state index in [-0.39, 0.29) is 0 Å². The third kappa shape index (κ3) is 1.41. The average Bonchev–Trinajstić information content (AvgIpc) is 2.29. The van der Waals surface area contributed by atoms with Gasteiger partial charge in [0.05, 0.1) is 0 Å². The fraction of sp³-hybridized carbons (Fsp3) is 0.500. The summed E-state index contributed by atoms with van der Waals surface area (Å²) >= 11 is 0. The lowest BCUT2D eigenvalue weighted by Crippen LogP contribution is -2.17. The molecule has 0 unspecified atom stereocenters. The van der Waals surface area contributed by atoms with E-state index in [9.17, 15) is 4.79 Å². The Balaban J connectivity index is 2.19. The third-order valence-electron chi connectivity index (χ3n) is 3.92. The summed E-state index contributed by atoms with van der Waals surface area (Å²) in [5, 5.41) is 0. The van der Waals surface area contributed by atoms with Gasteiger partial charge in [-0.05, 0) is 73.3 Å². The molecular weight excluding hydrogens is 184 g/mol. The number of aryl methyl sites for hydroxylation is 2. The summed E-state index contributed by atoms with van der Waals surface area (Å²) in [6.45, 7) is 0. The third-order valence-corrected chi connectivity index (χ3v) is 3.92. The molecule has 15 heavy (non-hydrogen) atoms. The predicted octanol–water partition coefficient (Wildman–Crippen LogP) is 3.26. The molecule has 1 heteroatoms. The zero-order valence-corrected chi connectivity index (χ0v) is 8.96. The first-order chi connectivity index (χ1) is 7.38. The van der Waals surface area contributed by atoms with Crippen molar-refractivity contribution in [3.63, 3.8) is 0 Å². The van der Waals surface area contributed by atoms with Crippen LogP contribution in [0.2, 0.25) is 0 Å². The number of benzene rings is 1. The summed E-state index contributed by atoms with van der Waals surface area (Å²) < 4.78 is 0. The smallest absolute Gasteiger partial charge is 0.150 e. The number of carbonyl (C=O) groups excluding carboxylic acids is 1. The van der Waals surface area contributed by atoms with Crippen molar-refractivity contribution in [1.82, 2.24) is 0 Å². The Morgan fingerprint density at radius 2 is 1.67 bits per heavy atom. The largest absolute Gasteiger partial charge is 0.298 e. The van der Waals surface area contributed by atoms with Gasteiger partial charge in [0, 0.05) is 5.56 Å². The van der Waals surface area contributed by atoms with E-state index in [4.69, 9.17) is 0 Å². The number of hydrogen-bond donors (Lipinski definition) is 0. The highest BCUT2D eigenvalue weighted by molar-refractivity contribution is 5.76. The Morgan fingerprint density at radius 1 is 1.07 bits per heavy atom. The minimum Gasteiger partial charge on any atom is -0.298 e. The summed E-state index contributed by atoms with van der Waals surface area (Å²) in [6.07, 6.45) is 8.69. The van der Waals surface area contributed by atoms with E-state index in [0.29, 0.717) is 0 Å².